The van der Waals surface area contributed by atoms with Crippen molar-refractivity contribution in [2.75, 3.05) is 39.0 Å². The third kappa shape index (κ3) is 7.89. The van der Waals surface area contributed by atoms with Crippen LogP contribution in [0.15, 0.2) is 35.3 Å². The van der Waals surface area contributed by atoms with Gasteiger partial charge in [0.25, 0.3) is 0 Å². The van der Waals surface area contributed by atoms with Crippen LogP contribution in [0.25, 0.3) is 0 Å². The number of hydrogen-bond acceptors (Lipinski definition) is 4. The molecule has 30 heavy (non-hydrogen) atoms. The SMILES string of the molecule is CCNC(=NCCC(C)N(C)Cc1ccccc1)NC1CCN(S(=O)(=O)CC)CC1. The zero-order chi connectivity index (χ0) is 22.0. The van der Waals surface area contributed by atoms with Crippen molar-refractivity contribution >= 4 is 16.0 Å². The summed E-state index contributed by atoms with van der Waals surface area (Å²) in [5.41, 5.74) is 1.32. The first-order chi connectivity index (χ1) is 14.4. The minimum atomic E-state index is -3.08. The summed E-state index contributed by atoms with van der Waals surface area (Å²) >= 11 is 0. The Balaban J connectivity index is 1.80. The van der Waals surface area contributed by atoms with Gasteiger partial charge in [-0.15, -0.1) is 0 Å². The number of nitrogens with zero attached hydrogens (tertiary/aromatic N) is 3. The van der Waals surface area contributed by atoms with Crippen LogP contribution in [0.3, 0.4) is 0 Å². The van der Waals surface area contributed by atoms with Gasteiger partial charge in [0.2, 0.25) is 10.0 Å². The molecule has 0 bridgehead atoms. The molecule has 0 amide bonds. The molecule has 1 heterocycles. The highest BCUT2D eigenvalue weighted by molar-refractivity contribution is 7.89. The lowest BCUT2D eigenvalue weighted by Gasteiger charge is -2.32. The van der Waals surface area contributed by atoms with E-state index in [0.717, 1.165) is 44.9 Å². The Kier molecular flexibility index (Phi) is 10.1. The highest BCUT2D eigenvalue weighted by Gasteiger charge is 2.27. The van der Waals surface area contributed by atoms with Gasteiger partial charge in [0, 0.05) is 44.8 Å². The normalized spacial score (nSPS) is 17.8. The molecule has 7 nitrogen and oxygen atoms in total. The van der Waals surface area contributed by atoms with E-state index in [2.05, 4.69) is 60.7 Å². The van der Waals surface area contributed by atoms with E-state index >= 15 is 0 Å². The Morgan fingerprint density at radius 1 is 1.23 bits per heavy atom. The van der Waals surface area contributed by atoms with E-state index in [1.165, 1.54) is 5.56 Å². The molecule has 1 atom stereocenters. The largest absolute Gasteiger partial charge is 0.357 e. The summed E-state index contributed by atoms with van der Waals surface area (Å²) in [4.78, 5) is 7.11. The minimum absolute atomic E-state index is 0.173. The minimum Gasteiger partial charge on any atom is -0.357 e. The lowest BCUT2D eigenvalue weighted by atomic mass is 10.1. The number of hydrogen-bond donors (Lipinski definition) is 2. The van der Waals surface area contributed by atoms with Crippen molar-refractivity contribution in [3.05, 3.63) is 35.9 Å². The summed E-state index contributed by atoms with van der Waals surface area (Å²) in [7, 11) is -0.927. The summed E-state index contributed by atoms with van der Waals surface area (Å²) in [6, 6.07) is 11.2. The average molecular weight is 438 g/mol. The van der Waals surface area contributed by atoms with Crippen molar-refractivity contribution in [3.63, 3.8) is 0 Å². The monoisotopic (exact) mass is 437 g/mol. The van der Waals surface area contributed by atoms with Gasteiger partial charge >= 0.3 is 0 Å². The molecular weight excluding hydrogens is 398 g/mol. The molecular formula is C22H39N5O2S. The molecule has 2 rings (SSSR count). The highest BCUT2D eigenvalue weighted by Crippen LogP contribution is 2.14. The number of piperidine rings is 1. The summed E-state index contributed by atoms with van der Waals surface area (Å²) < 4.78 is 25.7. The van der Waals surface area contributed by atoms with E-state index < -0.39 is 10.0 Å². The predicted octanol–water partition coefficient (Wildman–Crippen LogP) is 2.27. The summed E-state index contributed by atoms with van der Waals surface area (Å²) in [6.07, 6.45) is 2.59. The molecule has 1 aliphatic heterocycles. The maximum atomic E-state index is 12.0. The third-order valence-corrected chi connectivity index (χ3v) is 7.62. The Morgan fingerprint density at radius 3 is 2.50 bits per heavy atom. The summed E-state index contributed by atoms with van der Waals surface area (Å²) in [6.45, 7) is 9.64. The Bertz CT molecular complexity index is 746. The van der Waals surface area contributed by atoms with E-state index in [0.29, 0.717) is 19.1 Å². The second kappa shape index (κ2) is 12.3. The summed E-state index contributed by atoms with van der Waals surface area (Å²) in [5.74, 6) is 0.999. The van der Waals surface area contributed by atoms with Crippen LogP contribution >= 0.6 is 0 Å². The van der Waals surface area contributed by atoms with Gasteiger partial charge in [0.05, 0.1) is 5.75 Å². The number of rotatable bonds is 10. The van der Waals surface area contributed by atoms with Crippen LogP contribution in [0.1, 0.15) is 45.6 Å². The van der Waals surface area contributed by atoms with Crippen molar-refractivity contribution in [1.82, 2.24) is 19.8 Å². The number of sulfonamides is 1. The number of guanidine groups is 1. The van der Waals surface area contributed by atoms with Gasteiger partial charge in [-0.1, -0.05) is 30.3 Å². The molecule has 1 aromatic rings. The maximum absolute atomic E-state index is 12.0. The van der Waals surface area contributed by atoms with Crippen molar-refractivity contribution in [3.8, 4) is 0 Å². The first-order valence-corrected chi connectivity index (χ1v) is 12.7. The second-order valence-electron chi connectivity index (χ2n) is 8.02. The van der Waals surface area contributed by atoms with Crippen LogP contribution in [0.4, 0.5) is 0 Å². The van der Waals surface area contributed by atoms with Crippen molar-refractivity contribution < 1.29 is 8.42 Å². The molecule has 170 valence electrons. The quantitative estimate of drug-likeness (QED) is 0.434. The fourth-order valence-corrected chi connectivity index (χ4v) is 4.72. The number of aliphatic imine (C=N–C) groups is 1. The predicted molar refractivity (Wildman–Crippen MR) is 125 cm³/mol. The average Bonchev–Trinajstić information content (AvgIpc) is 2.75. The van der Waals surface area contributed by atoms with Crippen LogP contribution in [0, 0.1) is 0 Å². The molecule has 1 fully saturated rings. The lowest BCUT2D eigenvalue weighted by molar-refractivity contribution is 0.240. The molecule has 2 N–H and O–H groups in total. The van der Waals surface area contributed by atoms with Crippen molar-refractivity contribution in [2.24, 2.45) is 4.99 Å². The molecule has 1 aliphatic rings. The molecule has 0 radical (unpaired) electrons. The topological polar surface area (TPSA) is 77.0 Å². The molecule has 8 heteroatoms. The lowest BCUT2D eigenvalue weighted by Crippen LogP contribution is -2.50. The van der Waals surface area contributed by atoms with Crippen LogP contribution in [-0.2, 0) is 16.6 Å². The molecule has 1 unspecified atom stereocenters. The van der Waals surface area contributed by atoms with Crippen LogP contribution < -0.4 is 10.6 Å². The zero-order valence-electron chi connectivity index (χ0n) is 19.0. The van der Waals surface area contributed by atoms with Crippen molar-refractivity contribution in [2.45, 2.75) is 58.7 Å². The van der Waals surface area contributed by atoms with Gasteiger partial charge in [-0.05, 0) is 52.6 Å². The van der Waals surface area contributed by atoms with E-state index in [1.54, 1.807) is 11.2 Å². The maximum Gasteiger partial charge on any atom is 0.213 e. The van der Waals surface area contributed by atoms with Crippen LogP contribution in [0.2, 0.25) is 0 Å². The standard InChI is InChI=1S/C22H39N5O2S/c1-5-23-22(25-21-13-16-27(17-14-21)30(28,29)6-2)24-15-12-19(3)26(4)18-20-10-8-7-9-11-20/h7-11,19,21H,5-6,12-18H2,1-4H3,(H2,23,24,25). The van der Waals surface area contributed by atoms with Crippen molar-refractivity contribution in [1.29, 1.82) is 0 Å². The number of nitrogens with one attached hydrogen (secondary N) is 2. The van der Waals surface area contributed by atoms with Gasteiger partial charge in [-0.25, -0.2) is 12.7 Å². The van der Waals surface area contributed by atoms with Crippen LogP contribution in [-0.4, -0.2) is 74.6 Å². The van der Waals surface area contributed by atoms with Gasteiger partial charge in [-0.2, -0.15) is 0 Å². The highest BCUT2D eigenvalue weighted by atomic mass is 32.2. The van der Waals surface area contributed by atoms with E-state index in [4.69, 9.17) is 4.99 Å². The molecule has 0 saturated carbocycles. The van der Waals surface area contributed by atoms with Gasteiger partial charge in [-0.3, -0.25) is 9.89 Å². The number of benzene rings is 1. The van der Waals surface area contributed by atoms with Gasteiger partial charge < -0.3 is 10.6 Å². The second-order valence-corrected chi connectivity index (χ2v) is 10.3. The fourth-order valence-electron chi connectivity index (χ4n) is 3.59. The molecule has 0 spiro atoms. The van der Waals surface area contributed by atoms with Gasteiger partial charge in [0.15, 0.2) is 5.96 Å². The smallest absolute Gasteiger partial charge is 0.213 e. The fraction of sp³-hybridized carbons (Fsp3) is 0.682. The Hall–Kier alpha value is -1.64. The molecule has 1 saturated heterocycles. The molecule has 1 aromatic carbocycles. The summed E-state index contributed by atoms with van der Waals surface area (Å²) in [5, 5.41) is 6.81. The molecule has 0 aromatic heterocycles. The third-order valence-electron chi connectivity index (χ3n) is 5.74. The first kappa shape index (κ1) is 24.6. The van der Waals surface area contributed by atoms with E-state index in [1.807, 2.05) is 6.07 Å². The first-order valence-electron chi connectivity index (χ1n) is 11.1. The van der Waals surface area contributed by atoms with Gasteiger partial charge in [0.1, 0.15) is 0 Å². The Morgan fingerprint density at radius 2 is 1.90 bits per heavy atom. The Labute approximate surface area is 183 Å². The van der Waals surface area contributed by atoms with Crippen LogP contribution in [0.5, 0.6) is 0 Å². The molecule has 0 aliphatic carbocycles. The van der Waals surface area contributed by atoms with E-state index in [-0.39, 0.29) is 11.8 Å². The van der Waals surface area contributed by atoms with E-state index in [9.17, 15) is 8.42 Å². The zero-order valence-corrected chi connectivity index (χ0v) is 19.8.